The Labute approximate surface area is 65.6 Å². The Morgan fingerprint density at radius 2 is 2.18 bits per heavy atom. The molecule has 0 aromatic rings. The summed E-state index contributed by atoms with van der Waals surface area (Å²) < 4.78 is 0. The van der Waals surface area contributed by atoms with Crippen molar-refractivity contribution in [2.24, 2.45) is 23.5 Å². The molecular weight excluding hydrogens is 142 g/mol. The van der Waals surface area contributed by atoms with E-state index in [0.717, 1.165) is 19.3 Å². The van der Waals surface area contributed by atoms with Gasteiger partial charge in [0.1, 0.15) is 0 Å². The number of hydrogen-bond donors (Lipinski definition) is 2. The summed E-state index contributed by atoms with van der Waals surface area (Å²) in [6.07, 6.45) is 3.04. The van der Waals surface area contributed by atoms with Crippen LogP contribution in [-0.4, -0.2) is 17.1 Å². The van der Waals surface area contributed by atoms with Crippen LogP contribution in [0.2, 0.25) is 0 Å². The van der Waals surface area contributed by atoms with Crippen LogP contribution < -0.4 is 5.73 Å². The Kier molecular flexibility index (Phi) is 1.42. The summed E-state index contributed by atoms with van der Waals surface area (Å²) in [6, 6.07) is 0.162. The van der Waals surface area contributed by atoms with Gasteiger partial charge in [0.15, 0.2) is 0 Å². The van der Waals surface area contributed by atoms with Crippen molar-refractivity contribution in [1.82, 2.24) is 0 Å². The summed E-state index contributed by atoms with van der Waals surface area (Å²) >= 11 is 0. The second kappa shape index (κ2) is 2.21. The number of carbonyl (C=O) groups is 1. The van der Waals surface area contributed by atoms with Crippen LogP contribution in [0, 0.1) is 17.8 Å². The van der Waals surface area contributed by atoms with Gasteiger partial charge in [-0.3, -0.25) is 4.79 Å². The lowest BCUT2D eigenvalue weighted by Crippen LogP contribution is -2.29. The minimum atomic E-state index is -0.634. The number of carboxylic acid groups (broad SMARTS) is 1. The Hall–Kier alpha value is -0.570. The van der Waals surface area contributed by atoms with Crippen molar-refractivity contribution >= 4 is 5.97 Å². The number of aliphatic carboxylic acids is 1. The Morgan fingerprint density at radius 1 is 1.45 bits per heavy atom. The summed E-state index contributed by atoms with van der Waals surface area (Å²) in [5.74, 6) is -0.0968. The zero-order valence-electron chi connectivity index (χ0n) is 6.36. The molecule has 62 valence electrons. The van der Waals surface area contributed by atoms with E-state index in [1.54, 1.807) is 0 Å². The van der Waals surface area contributed by atoms with Crippen LogP contribution in [0.1, 0.15) is 19.3 Å². The minimum Gasteiger partial charge on any atom is -0.481 e. The zero-order chi connectivity index (χ0) is 8.01. The molecule has 0 aromatic carbocycles. The number of carboxylic acids is 1. The first-order valence-electron chi connectivity index (χ1n) is 4.18. The summed E-state index contributed by atoms with van der Waals surface area (Å²) in [5.41, 5.74) is 5.78. The van der Waals surface area contributed by atoms with Gasteiger partial charge >= 0.3 is 5.97 Å². The van der Waals surface area contributed by atoms with Gasteiger partial charge in [0.2, 0.25) is 0 Å². The molecule has 0 saturated heterocycles. The van der Waals surface area contributed by atoms with E-state index in [1.807, 2.05) is 0 Å². The molecule has 4 atom stereocenters. The van der Waals surface area contributed by atoms with Crippen LogP contribution in [0.15, 0.2) is 0 Å². The molecule has 2 bridgehead atoms. The van der Waals surface area contributed by atoms with Crippen molar-refractivity contribution in [3.63, 3.8) is 0 Å². The Morgan fingerprint density at radius 3 is 2.45 bits per heavy atom. The van der Waals surface area contributed by atoms with Crippen molar-refractivity contribution in [3.05, 3.63) is 0 Å². The highest BCUT2D eigenvalue weighted by Gasteiger charge is 2.50. The standard InChI is InChI=1S/C8H13NO2/c9-6-3-4-1-2-5(6)7(4)8(10)11/h4-7H,1-3,9H2,(H,10,11)/t4-,5-,6+,7+/m1/s1. The van der Waals surface area contributed by atoms with Gasteiger partial charge in [-0.25, -0.2) is 0 Å². The van der Waals surface area contributed by atoms with E-state index >= 15 is 0 Å². The largest absolute Gasteiger partial charge is 0.481 e. The lowest BCUT2D eigenvalue weighted by Gasteiger charge is -2.15. The third-order valence-electron chi connectivity index (χ3n) is 3.25. The van der Waals surface area contributed by atoms with Gasteiger partial charge in [-0.05, 0) is 31.1 Å². The van der Waals surface area contributed by atoms with Gasteiger partial charge < -0.3 is 10.8 Å². The predicted octanol–water partition coefficient (Wildman–Crippen LogP) is 0.444. The molecule has 0 amide bonds. The van der Waals surface area contributed by atoms with Gasteiger partial charge in [0, 0.05) is 6.04 Å². The highest BCUT2D eigenvalue weighted by atomic mass is 16.4. The fraction of sp³-hybridized carbons (Fsp3) is 0.875. The molecule has 3 N–H and O–H groups in total. The number of rotatable bonds is 1. The zero-order valence-corrected chi connectivity index (χ0v) is 6.36. The van der Waals surface area contributed by atoms with Gasteiger partial charge in [-0.2, -0.15) is 0 Å². The molecule has 2 aliphatic rings. The number of fused-ring (bicyclic) bond motifs is 2. The summed E-state index contributed by atoms with van der Waals surface area (Å²) in [6.45, 7) is 0. The highest BCUT2D eigenvalue weighted by molar-refractivity contribution is 5.72. The first kappa shape index (κ1) is 7.10. The monoisotopic (exact) mass is 155 g/mol. The maximum atomic E-state index is 10.8. The normalized spacial score (nSPS) is 48.1. The van der Waals surface area contributed by atoms with E-state index in [1.165, 1.54) is 0 Å². The first-order chi connectivity index (χ1) is 5.20. The van der Waals surface area contributed by atoms with Gasteiger partial charge in [0.05, 0.1) is 5.92 Å². The lowest BCUT2D eigenvalue weighted by atomic mass is 9.95. The second-order valence-corrected chi connectivity index (χ2v) is 3.76. The fourth-order valence-electron chi connectivity index (χ4n) is 2.77. The quantitative estimate of drug-likeness (QED) is 0.577. The topological polar surface area (TPSA) is 63.3 Å². The molecule has 0 aromatic heterocycles. The summed E-state index contributed by atoms with van der Waals surface area (Å²) in [5, 5.41) is 8.86. The lowest BCUT2D eigenvalue weighted by molar-refractivity contribution is -0.143. The molecule has 0 spiro atoms. The number of hydrogen-bond acceptors (Lipinski definition) is 2. The molecule has 3 heteroatoms. The molecule has 0 heterocycles. The third kappa shape index (κ3) is 0.872. The third-order valence-corrected chi connectivity index (χ3v) is 3.25. The smallest absolute Gasteiger partial charge is 0.307 e. The Bertz CT molecular complexity index is 193. The molecule has 2 rings (SSSR count). The van der Waals surface area contributed by atoms with Gasteiger partial charge in [0.25, 0.3) is 0 Å². The van der Waals surface area contributed by atoms with Crippen molar-refractivity contribution in [2.75, 3.05) is 0 Å². The number of nitrogens with two attached hydrogens (primary N) is 1. The van der Waals surface area contributed by atoms with Crippen molar-refractivity contribution in [3.8, 4) is 0 Å². The molecule has 2 fully saturated rings. The van der Waals surface area contributed by atoms with Crippen LogP contribution in [0.25, 0.3) is 0 Å². The fourth-order valence-corrected chi connectivity index (χ4v) is 2.77. The predicted molar refractivity (Wildman–Crippen MR) is 39.9 cm³/mol. The average Bonchev–Trinajstić information content (AvgIpc) is 2.41. The molecule has 0 aliphatic heterocycles. The van der Waals surface area contributed by atoms with E-state index in [0.29, 0.717) is 5.92 Å². The van der Waals surface area contributed by atoms with Crippen LogP contribution in [-0.2, 0) is 4.79 Å². The van der Waals surface area contributed by atoms with Crippen LogP contribution in [0.3, 0.4) is 0 Å². The maximum Gasteiger partial charge on any atom is 0.307 e. The van der Waals surface area contributed by atoms with Crippen LogP contribution in [0.5, 0.6) is 0 Å². The summed E-state index contributed by atoms with van der Waals surface area (Å²) in [4.78, 5) is 10.8. The average molecular weight is 155 g/mol. The molecule has 0 unspecified atom stereocenters. The first-order valence-corrected chi connectivity index (χ1v) is 4.18. The van der Waals surface area contributed by atoms with E-state index in [9.17, 15) is 4.79 Å². The van der Waals surface area contributed by atoms with E-state index in [4.69, 9.17) is 10.8 Å². The van der Waals surface area contributed by atoms with E-state index < -0.39 is 5.97 Å². The van der Waals surface area contributed by atoms with E-state index in [2.05, 4.69) is 0 Å². The van der Waals surface area contributed by atoms with Gasteiger partial charge in [-0.1, -0.05) is 0 Å². The molecule has 11 heavy (non-hydrogen) atoms. The van der Waals surface area contributed by atoms with Crippen LogP contribution >= 0.6 is 0 Å². The SMILES string of the molecule is N[C@H]1C[C@H]2CC[C@H]1[C@H]2C(=O)O. The molecular formula is C8H13NO2. The highest BCUT2D eigenvalue weighted by Crippen LogP contribution is 2.48. The van der Waals surface area contributed by atoms with E-state index in [-0.39, 0.29) is 17.9 Å². The van der Waals surface area contributed by atoms with Crippen molar-refractivity contribution in [2.45, 2.75) is 25.3 Å². The second-order valence-electron chi connectivity index (χ2n) is 3.76. The van der Waals surface area contributed by atoms with Crippen molar-refractivity contribution in [1.29, 1.82) is 0 Å². The molecule has 2 saturated carbocycles. The van der Waals surface area contributed by atoms with Crippen LogP contribution in [0.4, 0.5) is 0 Å². The maximum absolute atomic E-state index is 10.8. The van der Waals surface area contributed by atoms with Gasteiger partial charge in [-0.15, -0.1) is 0 Å². The molecule has 2 aliphatic carbocycles. The van der Waals surface area contributed by atoms with Crippen molar-refractivity contribution < 1.29 is 9.90 Å². The molecule has 3 nitrogen and oxygen atoms in total. The Balaban J connectivity index is 2.19. The summed E-state index contributed by atoms with van der Waals surface area (Å²) in [7, 11) is 0. The molecule has 0 radical (unpaired) electrons. The minimum absolute atomic E-state index is 0.120.